The number of allylic oxidation sites excluding steroid dienone is 1. The molecule has 4 rings (SSSR count). The summed E-state index contributed by atoms with van der Waals surface area (Å²) in [6, 6.07) is 9.64. The number of ether oxygens (including phenoxy) is 4. The second kappa shape index (κ2) is 13.7. The SMILES string of the molecule is COCCOC(=O)C1=C(C)N=c2s/c(=C\c3ccc(Cl)cc3Cl)c(=O)n2C1c1ccc(OCCC(C)C)c(OC)c1. The Bertz CT molecular complexity index is 1640. The van der Waals surface area contributed by atoms with E-state index in [4.69, 9.17) is 42.1 Å². The molecule has 0 saturated carbocycles. The zero-order chi connectivity index (χ0) is 29.7. The van der Waals surface area contributed by atoms with Crippen LogP contribution in [0.3, 0.4) is 0 Å². The second-order valence-electron chi connectivity index (χ2n) is 9.82. The first-order chi connectivity index (χ1) is 19.6. The third-order valence-electron chi connectivity index (χ3n) is 6.47. The van der Waals surface area contributed by atoms with Gasteiger partial charge in [0.05, 0.1) is 42.2 Å². The smallest absolute Gasteiger partial charge is 0.338 e. The lowest BCUT2D eigenvalue weighted by Gasteiger charge is -2.25. The normalized spacial score (nSPS) is 15.1. The van der Waals surface area contributed by atoms with Gasteiger partial charge in [-0.05, 0) is 60.7 Å². The largest absolute Gasteiger partial charge is 0.493 e. The number of methoxy groups -OCH3 is 2. The lowest BCUT2D eigenvalue weighted by Crippen LogP contribution is -2.40. The van der Waals surface area contributed by atoms with Crippen LogP contribution in [-0.4, -0.2) is 44.6 Å². The molecule has 0 amide bonds. The van der Waals surface area contributed by atoms with Gasteiger partial charge in [0.15, 0.2) is 16.3 Å². The molecular weight excluding hydrogens is 587 g/mol. The van der Waals surface area contributed by atoms with Crippen LogP contribution in [0.4, 0.5) is 0 Å². The highest BCUT2D eigenvalue weighted by molar-refractivity contribution is 7.07. The van der Waals surface area contributed by atoms with Crippen molar-refractivity contribution < 1.29 is 23.7 Å². The Balaban J connectivity index is 1.86. The Morgan fingerprint density at radius 3 is 2.56 bits per heavy atom. The summed E-state index contributed by atoms with van der Waals surface area (Å²) in [6.45, 7) is 6.82. The first-order valence-corrected chi connectivity index (χ1v) is 14.7. The van der Waals surface area contributed by atoms with Gasteiger partial charge in [-0.2, -0.15) is 0 Å². The Labute approximate surface area is 252 Å². The Morgan fingerprint density at radius 1 is 1.10 bits per heavy atom. The van der Waals surface area contributed by atoms with Crippen molar-refractivity contribution >= 4 is 46.6 Å². The predicted molar refractivity (Wildman–Crippen MR) is 161 cm³/mol. The van der Waals surface area contributed by atoms with Crippen molar-refractivity contribution in [1.82, 2.24) is 4.57 Å². The van der Waals surface area contributed by atoms with Crippen molar-refractivity contribution in [3.8, 4) is 11.5 Å². The monoisotopic (exact) mass is 618 g/mol. The number of esters is 1. The number of rotatable bonds is 11. The van der Waals surface area contributed by atoms with Gasteiger partial charge >= 0.3 is 5.97 Å². The predicted octanol–water partition coefficient (Wildman–Crippen LogP) is 5.17. The lowest BCUT2D eigenvalue weighted by molar-refractivity contribution is -0.140. The summed E-state index contributed by atoms with van der Waals surface area (Å²) in [5.74, 6) is 0.970. The maximum Gasteiger partial charge on any atom is 0.338 e. The number of aromatic nitrogens is 1. The van der Waals surface area contributed by atoms with Gasteiger partial charge in [-0.1, -0.05) is 60.5 Å². The first-order valence-electron chi connectivity index (χ1n) is 13.1. The van der Waals surface area contributed by atoms with Crippen LogP contribution >= 0.6 is 34.5 Å². The number of carbonyl (C=O) groups is 1. The number of halogens is 2. The van der Waals surface area contributed by atoms with E-state index in [-0.39, 0.29) is 24.3 Å². The lowest BCUT2D eigenvalue weighted by atomic mass is 9.95. The van der Waals surface area contributed by atoms with Gasteiger partial charge in [0.1, 0.15) is 6.61 Å². The van der Waals surface area contributed by atoms with Gasteiger partial charge in [0, 0.05) is 17.2 Å². The molecule has 2 heterocycles. The first kappa shape index (κ1) is 30.8. The molecule has 0 N–H and O–H groups in total. The average Bonchev–Trinajstić information content (AvgIpc) is 3.23. The highest BCUT2D eigenvalue weighted by Crippen LogP contribution is 2.36. The third-order valence-corrected chi connectivity index (χ3v) is 8.01. The summed E-state index contributed by atoms with van der Waals surface area (Å²) in [7, 11) is 3.08. The summed E-state index contributed by atoms with van der Waals surface area (Å²) in [5.41, 5.74) is 1.65. The van der Waals surface area contributed by atoms with Crippen molar-refractivity contribution in [2.45, 2.75) is 33.2 Å². The molecule has 0 saturated heterocycles. The van der Waals surface area contributed by atoms with Crippen molar-refractivity contribution in [3.05, 3.63) is 88.5 Å². The quantitative estimate of drug-likeness (QED) is 0.218. The van der Waals surface area contributed by atoms with E-state index in [1.54, 1.807) is 50.4 Å². The van der Waals surface area contributed by atoms with Gasteiger partial charge in [0.2, 0.25) is 0 Å². The summed E-state index contributed by atoms with van der Waals surface area (Å²) in [5, 5.41) is 0.905. The van der Waals surface area contributed by atoms with E-state index in [9.17, 15) is 9.59 Å². The van der Waals surface area contributed by atoms with E-state index in [0.717, 1.165) is 6.42 Å². The average molecular weight is 620 g/mol. The molecule has 1 aliphatic heterocycles. The fraction of sp³-hybridized carbons (Fsp3) is 0.367. The van der Waals surface area contributed by atoms with Crippen molar-refractivity contribution in [3.63, 3.8) is 0 Å². The summed E-state index contributed by atoms with van der Waals surface area (Å²) >= 11 is 13.6. The van der Waals surface area contributed by atoms with Gasteiger partial charge in [-0.25, -0.2) is 9.79 Å². The van der Waals surface area contributed by atoms with Gasteiger partial charge < -0.3 is 18.9 Å². The van der Waals surface area contributed by atoms with E-state index in [0.29, 0.717) is 60.2 Å². The van der Waals surface area contributed by atoms with E-state index in [2.05, 4.69) is 18.8 Å². The zero-order valence-electron chi connectivity index (χ0n) is 23.5. The number of carbonyl (C=O) groups excluding carboxylic acids is 1. The molecule has 1 unspecified atom stereocenters. The minimum Gasteiger partial charge on any atom is -0.493 e. The fourth-order valence-corrected chi connectivity index (χ4v) is 5.83. The van der Waals surface area contributed by atoms with Crippen molar-refractivity contribution in [1.29, 1.82) is 0 Å². The van der Waals surface area contributed by atoms with E-state index >= 15 is 0 Å². The number of benzene rings is 2. The van der Waals surface area contributed by atoms with Crippen LogP contribution in [-0.2, 0) is 14.3 Å². The van der Waals surface area contributed by atoms with Crippen LogP contribution in [0.1, 0.15) is 44.4 Å². The second-order valence-corrected chi connectivity index (χ2v) is 11.7. The van der Waals surface area contributed by atoms with Crippen molar-refractivity contribution in [2.75, 3.05) is 34.0 Å². The fourth-order valence-electron chi connectivity index (χ4n) is 4.33. The minimum absolute atomic E-state index is 0.0598. The third kappa shape index (κ3) is 7.04. The van der Waals surface area contributed by atoms with Crippen molar-refractivity contribution in [2.24, 2.45) is 10.9 Å². The molecule has 1 aromatic heterocycles. The maximum absolute atomic E-state index is 13.9. The molecule has 0 spiro atoms. The molecule has 41 heavy (non-hydrogen) atoms. The van der Waals surface area contributed by atoms with Gasteiger partial charge in [-0.3, -0.25) is 9.36 Å². The number of nitrogens with zero attached hydrogens (tertiary/aromatic N) is 2. The molecule has 0 radical (unpaired) electrons. The molecule has 8 nitrogen and oxygen atoms in total. The Hall–Kier alpha value is -3.11. The molecular formula is C30H32Cl2N2O6S. The number of fused-ring (bicyclic) bond motifs is 1. The minimum atomic E-state index is -0.817. The molecule has 0 fully saturated rings. The van der Waals surface area contributed by atoms with Crippen LogP contribution in [0.2, 0.25) is 10.0 Å². The standard InChI is InChI=1S/C30H32Cl2N2O6S/c1-17(2)10-11-39-23-9-7-20(14-24(23)38-5)27-26(29(36)40-13-12-37-4)18(3)33-30-34(27)28(35)25(41-30)15-19-6-8-21(31)16-22(19)32/h6-9,14-17,27H,10-13H2,1-5H3/b25-15-. The maximum atomic E-state index is 13.9. The van der Waals surface area contributed by atoms with Gasteiger partial charge in [0.25, 0.3) is 5.56 Å². The van der Waals surface area contributed by atoms with E-state index in [1.165, 1.54) is 23.0 Å². The molecule has 0 bridgehead atoms. The van der Waals surface area contributed by atoms with Crippen LogP contribution in [0, 0.1) is 5.92 Å². The summed E-state index contributed by atoms with van der Waals surface area (Å²) in [4.78, 5) is 32.4. The Morgan fingerprint density at radius 2 is 1.88 bits per heavy atom. The number of hydrogen-bond donors (Lipinski definition) is 0. The Kier molecular flexibility index (Phi) is 10.3. The summed E-state index contributed by atoms with van der Waals surface area (Å²) < 4.78 is 24.1. The molecule has 218 valence electrons. The highest BCUT2D eigenvalue weighted by Gasteiger charge is 2.34. The molecule has 3 aromatic rings. The topological polar surface area (TPSA) is 88.4 Å². The number of thiazole rings is 1. The van der Waals surface area contributed by atoms with Crippen LogP contribution in [0.15, 0.2) is 57.5 Å². The summed E-state index contributed by atoms with van der Waals surface area (Å²) in [6.07, 6.45) is 2.58. The van der Waals surface area contributed by atoms with Crippen LogP contribution < -0.4 is 24.4 Å². The molecule has 1 aliphatic rings. The van der Waals surface area contributed by atoms with Crippen LogP contribution in [0.25, 0.3) is 6.08 Å². The zero-order valence-corrected chi connectivity index (χ0v) is 25.9. The number of hydrogen-bond acceptors (Lipinski definition) is 8. The van der Waals surface area contributed by atoms with E-state index < -0.39 is 12.0 Å². The van der Waals surface area contributed by atoms with E-state index in [1.807, 2.05) is 6.07 Å². The molecule has 0 aliphatic carbocycles. The van der Waals surface area contributed by atoms with Crippen LogP contribution in [0.5, 0.6) is 11.5 Å². The molecule has 11 heteroatoms. The molecule has 2 aromatic carbocycles. The highest BCUT2D eigenvalue weighted by atomic mass is 35.5. The van der Waals surface area contributed by atoms with Gasteiger partial charge in [-0.15, -0.1) is 0 Å². The molecule has 1 atom stereocenters.